The van der Waals surface area contributed by atoms with Gasteiger partial charge in [-0.3, -0.25) is 4.79 Å². The first kappa shape index (κ1) is 19.7. The number of aromatic nitrogens is 1. The Hall–Kier alpha value is -3.61. The van der Waals surface area contributed by atoms with Gasteiger partial charge in [-0.05, 0) is 60.7 Å². The van der Waals surface area contributed by atoms with Crippen molar-refractivity contribution in [3.05, 3.63) is 78.5 Å². The van der Waals surface area contributed by atoms with E-state index in [0.29, 0.717) is 11.3 Å². The summed E-state index contributed by atoms with van der Waals surface area (Å²) in [5.41, 5.74) is 2.33. The van der Waals surface area contributed by atoms with Crippen LogP contribution in [0, 0.1) is 0 Å². The molecule has 0 saturated carbocycles. The zero-order chi connectivity index (χ0) is 20.8. The molecule has 2 aromatic carbocycles. The third-order valence-electron chi connectivity index (χ3n) is 5.08. The minimum absolute atomic E-state index is 0.224. The summed E-state index contributed by atoms with van der Waals surface area (Å²) < 4.78 is 16.9. The van der Waals surface area contributed by atoms with Gasteiger partial charge in [-0.15, -0.1) is 0 Å². The van der Waals surface area contributed by atoms with Gasteiger partial charge in [0.2, 0.25) is 6.86 Å². The Labute approximate surface area is 174 Å². The monoisotopic (exact) mass is 406 g/mol. The quantitative estimate of drug-likeness (QED) is 0.671. The molecule has 154 valence electrons. The average molecular weight is 406 g/mol. The van der Waals surface area contributed by atoms with E-state index in [4.69, 9.17) is 4.74 Å². The van der Waals surface area contributed by atoms with Crippen molar-refractivity contribution < 1.29 is 13.9 Å². The Morgan fingerprint density at radius 2 is 1.63 bits per heavy atom. The number of piperazine rings is 1. The van der Waals surface area contributed by atoms with E-state index < -0.39 is 6.86 Å². The SMILES string of the molecule is O=C(Nc1ccc(N2CCN(c3ccccn3)CC2)cc1)c1ccc(OCF)cc1. The van der Waals surface area contributed by atoms with Crippen molar-refractivity contribution in [3.8, 4) is 5.75 Å². The molecule has 1 saturated heterocycles. The molecule has 4 rings (SSSR count). The van der Waals surface area contributed by atoms with Crippen LogP contribution >= 0.6 is 0 Å². The molecular formula is C23H23FN4O2. The molecule has 0 atom stereocenters. The van der Waals surface area contributed by atoms with E-state index in [0.717, 1.165) is 43.4 Å². The fourth-order valence-electron chi connectivity index (χ4n) is 3.46. The summed E-state index contributed by atoms with van der Waals surface area (Å²) in [6.07, 6.45) is 1.82. The predicted octanol–water partition coefficient (Wildman–Crippen LogP) is 3.97. The van der Waals surface area contributed by atoms with Gasteiger partial charge in [-0.25, -0.2) is 9.37 Å². The van der Waals surface area contributed by atoms with Crippen LogP contribution in [0.4, 0.5) is 21.6 Å². The van der Waals surface area contributed by atoms with Crippen LogP contribution in [0.1, 0.15) is 10.4 Å². The number of benzene rings is 2. The van der Waals surface area contributed by atoms with E-state index in [1.807, 2.05) is 48.7 Å². The number of nitrogens with one attached hydrogen (secondary N) is 1. The fourth-order valence-corrected chi connectivity index (χ4v) is 3.46. The van der Waals surface area contributed by atoms with Crippen molar-refractivity contribution >= 4 is 23.1 Å². The molecule has 1 N–H and O–H groups in total. The van der Waals surface area contributed by atoms with Gasteiger partial charge in [0.25, 0.3) is 5.91 Å². The summed E-state index contributed by atoms with van der Waals surface area (Å²) in [7, 11) is 0. The highest BCUT2D eigenvalue weighted by atomic mass is 19.1. The van der Waals surface area contributed by atoms with Crippen LogP contribution in [0.25, 0.3) is 0 Å². The lowest BCUT2D eigenvalue weighted by molar-refractivity contribution is 0.102. The first-order valence-corrected chi connectivity index (χ1v) is 9.84. The van der Waals surface area contributed by atoms with E-state index >= 15 is 0 Å². The summed E-state index contributed by atoms with van der Waals surface area (Å²) in [6, 6.07) is 20.2. The van der Waals surface area contributed by atoms with E-state index in [1.165, 1.54) is 0 Å². The lowest BCUT2D eigenvalue weighted by Gasteiger charge is -2.36. The highest BCUT2D eigenvalue weighted by Crippen LogP contribution is 2.22. The number of rotatable bonds is 6. The largest absolute Gasteiger partial charge is 0.463 e. The minimum Gasteiger partial charge on any atom is -0.463 e. The highest BCUT2D eigenvalue weighted by molar-refractivity contribution is 6.04. The number of alkyl halides is 1. The lowest BCUT2D eigenvalue weighted by atomic mass is 10.2. The van der Waals surface area contributed by atoms with E-state index in [9.17, 15) is 9.18 Å². The Kier molecular flexibility index (Phi) is 6.08. The number of carbonyl (C=O) groups excluding carboxylic acids is 1. The van der Waals surface area contributed by atoms with Crippen molar-refractivity contribution in [2.45, 2.75) is 0 Å². The molecule has 0 aliphatic carbocycles. The van der Waals surface area contributed by atoms with Crippen molar-refractivity contribution in [2.75, 3.05) is 48.2 Å². The second kappa shape index (κ2) is 9.26. The first-order chi connectivity index (χ1) is 14.7. The third kappa shape index (κ3) is 4.68. The number of amides is 1. The second-order valence-corrected chi connectivity index (χ2v) is 6.94. The van der Waals surface area contributed by atoms with Crippen LogP contribution in [-0.4, -0.2) is 43.9 Å². The maximum Gasteiger partial charge on any atom is 0.255 e. The van der Waals surface area contributed by atoms with Gasteiger partial charge in [0, 0.05) is 49.3 Å². The van der Waals surface area contributed by atoms with Gasteiger partial charge < -0.3 is 19.9 Å². The molecule has 0 unspecified atom stereocenters. The average Bonchev–Trinajstić information content (AvgIpc) is 2.81. The minimum atomic E-state index is -0.893. The third-order valence-corrected chi connectivity index (χ3v) is 5.08. The number of ether oxygens (including phenoxy) is 1. The smallest absolute Gasteiger partial charge is 0.255 e. The molecule has 1 aliphatic heterocycles. The standard InChI is InChI=1S/C23H23FN4O2/c24-17-30-21-10-4-18(5-11-21)23(29)26-19-6-8-20(9-7-19)27-13-15-28(16-14-27)22-3-1-2-12-25-22/h1-12H,13-17H2,(H,26,29). The molecule has 1 fully saturated rings. The molecular weight excluding hydrogens is 383 g/mol. The molecule has 6 nitrogen and oxygen atoms in total. The summed E-state index contributed by atoms with van der Waals surface area (Å²) >= 11 is 0. The second-order valence-electron chi connectivity index (χ2n) is 6.94. The number of pyridine rings is 1. The topological polar surface area (TPSA) is 57.7 Å². The zero-order valence-corrected chi connectivity index (χ0v) is 16.5. The number of halogens is 1. The molecule has 0 radical (unpaired) electrons. The molecule has 7 heteroatoms. The summed E-state index contributed by atoms with van der Waals surface area (Å²) in [5, 5.41) is 2.88. The van der Waals surface area contributed by atoms with Crippen LogP contribution in [0.15, 0.2) is 72.9 Å². The van der Waals surface area contributed by atoms with Gasteiger partial charge in [-0.1, -0.05) is 6.07 Å². The van der Waals surface area contributed by atoms with Gasteiger partial charge in [0.05, 0.1) is 0 Å². The summed E-state index contributed by atoms with van der Waals surface area (Å²) in [5.74, 6) is 1.18. The van der Waals surface area contributed by atoms with Crippen LogP contribution < -0.4 is 19.9 Å². The number of nitrogens with zero attached hydrogens (tertiary/aromatic N) is 3. The molecule has 2 heterocycles. The highest BCUT2D eigenvalue weighted by Gasteiger charge is 2.18. The van der Waals surface area contributed by atoms with E-state index in [-0.39, 0.29) is 5.91 Å². The molecule has 0 bridgehead atoms. The number of hydrogen-bond donors (Lipinski definition) is 1. The van der Waals surface area contributed by atoms with Crippen LogP contribution in [0.5, 0.6) is 5.75 Å². The van der Waals surface area contributed by atoms with Gasteiger partial charge in [0.1, 0.15) is 11.6 Å². The van der Waals surface area contributed by atoms with Crippen LogP contribution in [0.3, 0.4) is 0 Å². The van der Waals surface area contributed by atoms with E-state index in [1.54, 1.807) is 24.3 Å². The summed E-state index contributed by atoms with van der Waals surface area (Å²) in [4.78, 5) is 21.4. The molecule has 1 aromatic heterocycles. The van der Waals surface area contributed by atoms with Crippen LogP contribution in [-0.2, 0) is 0 Å². The molecule has 30 heavy (non-hydrogen) atoms. The molecule has 3 aromatic rings. The zero-order valence-electron chi connectivity index (χ0n) is 16.5. The molecule has 1 aliphatic rings. The van der Waals surface area contributed by atoms with Crippen molar-refractivity contribution in [2.24, 2.45) is 0 Å². The normalized spacial score (nSPS) is 13.8. The lowest BCUT2D eigenvalue weighted by Crippen LogP contribution is -2.46. The Balaban J connectivity index is 1.32. The van der Waals surface area contributed by atoms with Gasteiger partial charge in [-0.2, -0.15) is 0 Å². The Morgan fingerprint density at radius 1 is 0.933 bits per heavy atom. The van der Waals surface area contributed by atoms with Crippen molar-refractivity contribution in [1.82, 2.24) is 4.98 Å². The number of carbonyl (C=O) groups is 1. The van der Waals surface area contributed by atoms with Crippen molar-refractivity contribution in [3.63, 3.8) is 0 Å². The van der Waals surface area contributed by atoms with E-state index in [2.05, 4.69) is 20.1 Å². The molecule has 1 amide bonds. The number of hydrogen-bond acceptors (Lipinski definition) is 5. The Bertz CT molecular complexity index is 957. The fraction of sp³-hybridized carbons (Fsp3) is 0.217. The predicted molar refractivity (Wildman–Crippen MR) is 116 cm³/mol. The molecule has 0 spiro atoms. The van der Waals surface area contributed by atoms with Gasteiger partial charge in [0.15, 0.2) is 0 Å². The Morgan fingerprint density at radius 3 is 2.27 bits per heavy atom. The maximum absolute atomic E-state index is 12.4. The number of anilines is 3. The summed E-state index contributed by atoms with van der Waals surface area (Å²) in [6.45, 7) is 2.76. The van der Waals surface area contributed by atoms with Crippen LogP contribution in [0.2, 0.25) is 0 Å². The van der Waals surface area contributed by atoms with Gasteiger partial charge >= 0.3 is 0 Å². The first-order valence-electron chi connectivity index (χ1n) is 9.84. The maximum atomic E-state index is 12.4. The van der Waals surface area contributed by atoms with Crippen molar-refractivity contribution in [1.29, 1.82) is 0 Å².